The number of nitrogen functional groups attached to an aromatic ring is 1. The van der Waals surface area contributed by atoms with Gasteiger partial charge in [-0.25, -0.2) is 0 Å². The van der Waals surface area contributed by atoms with Gasteiger partial charge in [0, 0.05) is 5.69 Å². The van der Waals surface area contributed by atoms with Gasteiger partial charge in [-0.3, -0.25) is 9.59 Å². The summed E-state index contributed by atoms with van der Waals surface area (Å²) in [6, 6.07) is 9.91. The SMILES string of the molecule is C[C@@H](NC(=O)c1cc2ccccc2cc1N)C(=O)O. The molecule has 0 aliphatic rings. The topological polar surface area (TPSA) is 92.4 Å². The molecule has 0 aliphatic carbocycles. The molecule has 0 saturated carbocycles. The van der Waals surface area contributed by atoms with Crippen LogP contribution in [0.5, 0.6) is 0 Å². The molecule has 0 fully saturated rings. The molecular weight excluding hydrogens is 244 g/mol. The minimum absolute atomic E-state index is 0.284. The summed E-state index contributed by atoms with van der Waals surface area (Å²) >= 11 is 0. The van der Waals surface area contributed by atoms with E-state index in [0.29, 0.717) is 5.69 Å². The van der Waals surface area contributed by atoms with Crippen LogP contribution >= 0.6 is 0 Å². The third kappa shape index (κ3) is 2.65. The zero-order valence-corrected chi connectivity index (χ0v) is 10.4. The van der Waals surface area contributed by atoms with Crippen LogP contribution in [0.1, 0.15) is 17.3 Å². The number of carboxylic acid groups (broad SMARTS) is 1. The molecule has 0 aliphatic heterocycles. The summed E-state index contributed by atoms with van der Waals surface area (Å²) in [5, 5.41) is 13.0. The van der Waals surface area contributed by atoms with Crippen molar-refractivity contribution in [3.63, 3.8) is 0 Å². The van der Waals surface area contributed by atoms with Crippen molar-refractivity contribution in [2.24, 2.45) is 0 Å². The average Bonchev–Trinajstić information content (AvgIpc) is 2.37. The Morgan fingerprint density at radius 1 is 1.21 bits per heavy atom. The highest BCUT2D eigenvalue weighted by molar-refractivity contribution is 6.04. The Hall–Kier alpha value is -2.56. The summed E-state index contributed by atoms with van der Waals surface area (Å²) in [6.07, 6.45) is 0. The number of benzene rings is 2. The van der Waals surface area contributed by atoms with E-state index in [4.69, 9.17) is 10.8 Å². The molecule has 2 aromatic carbocycles. The Bertz CT molecular complexity index is 652. The molecule has 0 heterocycles. The average molecular weight is 258 g/mol. The first kappa shape index (κ1) is 12.9. The number of rotatable bonds is 3. The van der Waals surface area contributed by atoms with Crippen molar-refractivity contribution in [3.05, 3.63) is 42.0 Å². The maximum absolute atomic E-state index is 12.0. The smallest absolute Gasteiger partial charge is 0.325 e. The van der Waals surface area contributed by atoms with E-state index >= 15 is 0 Å². The van der Waals surface area contributed by atoms with Gasteiger partial charge in [0.15, 0.2) is 0 Å². The van der Waals surface area contributed by atoms with Gasteiger partial charge in [0.2, 0.25) is 0 Å². The first-order valence-electron chi connectivity index (χ1n) is 5.81. The van der Waals surface area contributed by atoms with E-state index in [-0.39, 0.29) is 5.56 Å². The lowest BCUT2D eigenvalue weighted by Crippen LogP contribution is -2.38. The molecule has 0 saturated heterocycles. The molecule has 0 unspecified atom stereocenters. The lowest BCUT2D eigenvalue weighted by Gasteiger charge is -2.11. The number of carbonyl (C=O) groups is 2. The minimum atomic E-state index is -1.09. The van der Waals surface area contributed by atoms with Crippen molar-refractivity contribution in [3.8, 4) is 0 Å². The van der Waals surface area contributed by atoms with Crippen LogP contribution < -0.4 is 11.1 Å². The fourth-order valence-electron chi connectivity index (χ4n) is 1.79. The number of nitrogens with two attached hydrogens (primary N) is 1. The van der Waals surface area contributed by atoms with Crippen LogP contribution in [0.25, 0.3) is 10.8 Å². The van der Waals surface area contributed by atoms with E-state index in [1.54, 1.807) is 12.1 Å². The Labute approximate surface area is 110 Å². The summed E-state index contributed by atoms with van der Waals surface area (Å²) in [7, 11) is 0. The maximum Gasteiger partial charge on any atom is 0.325 e. The van der Waals surface area contributed by atoms with Crippen molar-refractivity contribution in [2.75, 3.05) is 5.73 Å². The summed E-state index contributed by atoms with van der Waals surface area (Å²) in [4.78, 5) is 22.7. The lowest BCUT2D eigenvalue weighted by molar-refractivity contribution is -0.138. The molecule has 0 bridgehead atoms. The molecule has 1 amide bonds. The highest BCUT2D eigenvalue weighted by Crippen LogP contribution is 2.21. The largest absolute Gasteiger partial charge is 0.480 e. The number of anilines is 1. The number of hydrogen-bond donors (Lipinski definition) is 3. The van der Waals surface area contributed by atoms with Crippen LogP contribution in [0.3, 0.4) is 0 Å². The van der Waals surface area contributed by atoms with E-state index in [9.17, 15) is 9.59 Å². The van der Waals surface area contributed by atoms with Gasteiger partial charge in [0.1, 0.15) is 6.04 Å². The summed E-state index contributed by atoms with van der Waals surface area (Å²) in [5.41, 5.74) is 6.44. The van der Waals surface area contributed by atoms with E-state index in [1.807, 2.05) is 24.3 Å². The van der Waals surface area contributed by atoms with Gasteiger partial charge in [-0.05, 0) is 29.8 Å². The van der Waals surface area contributed by atoms with E-state index in [1.165, 1.54) is 6.92 Å². The number of aliphatic carboxylic acids is 1. The van der Waals surface area contributed by atoms with Gasteiger partial charge in [0.25, 0.3) is 5.91 Å². The third-order valence-corrected chi connectivity index (χ3v) is 2.88. The molecule has 98 valence electrons. The quantitative estimate of drug-likeness (QED) is 0.729. The van der Waals surface area contributed by atoms with Crippen molar-refractivity contribution in [1.29, 1.82) is 0 Å². The Morgan fingerprint density at radius 3 is 2.37 bits per heavy atom. The van der Waals surface area contributed by atoms with Crippen molar-refractivity contribution in [2.45, 2.75) is 13.0 Å². The van der Waals surface area contributed by atoms with Gasteiger partial charge in [-0.15, -0.1) is 0 Å². The maximum atomic E-state index is 12.0. The van der Waals surface area contributed by atoms with Crippen LogP contribution in [-0.2, 0) is 4.79 Å². The van der Waals surface area contributed by atoms with Crippen LogP contribution in [0.4, 0.5) is 5.69 Å². The molecule has 0 radical (unpaired) electrons. The molecule has 5 nitrogen and oxygen atoms in total. The molecule has 5 heteroatoms. The number of carbonyl (C=O) groups excluding carboxylic acids is 1. The number of nitrogens with one attached hydrogen (secondary N) is 1. The zero-order chi connectivity index (χ0) is 14.0. The summed E-state index contributed by atoms with van der Waals surface area (Å²) < 4.78 is 0. The molecule has 0 aromatic heterocycles. The molecule has 1 atom stereocenters. The van der Waals surface area contributed by atoms with Crippen LogP contribution in [0.15, 0.2) is 36.4 Å². The van der Waals surface area contributed by atoms with Crippen molar-refractivity contribution >= 4 is 28.3 Å². The molecular formula is C14H14N2O3. The third-order valence-electron chi connectivity index (χ3n) is 2.88. The van der Waals surface area contributed by atoms with Gasteiger partial charge in [-0.1, -0.05) is 24.3 Å². The lowest BCUT2D eigenvalue weighted by atomic mass is 10.0. The normalized spacial score (nSPS) is 12.1. The first-order chi connectivity index (χ1) is 8.99. The Morgan fingerprint density at radius 2 is 1.79 bits per heavy atom. The van der Waals surface area contributed by atoms with Gasteiger partial charge >= 0.3 is 5.97 Å². The van der Waals surface area contributed by atoms with Gasteiger partial charge < -0.3 is 16.2 Å². The summed E-state index contributed by atoms with van der Waals surface area (Å²) in [6.45, 7) is 1.40. The predicted molar refractivity (Wildman–Crippen MR) is 72.9 cm³/mol. The second-order valence-corrected chi connectivity index (χ2v) is 4.32. The van der Waals surface area contributed by atoms with Crippen LogP contribution in [0, 0.1) is 0 Å². The number of fused-ring (bicyclic) bond motifs is 1. The van der Waals surface area contributed by atoms with Crippen LogP contribution in [-0.4, -0.2) is 23.0 Å². The monoisotopic (exact) mass is 258 g/mol. The number of amides is 1. The summed E-state index contributed by atoms with van der Waals surface area (Å²) in [5.74, 6) is -1.58. The highest BCUT2D eigenvalue weighted by atomic mass is 16.4. The molecule has 2 aromatic rings. The second kappa shape index (κ2) is 4.97. The first-order valence-corrected chi connectivity index (χ1v) is 5.81. The predicted octanol–water partition coefficient (Wildman–Crippen LogP) is 1.62. The van der Waals surface area contributed by atoms with E-state index in [0.717, 1.165) is 10.8 Å². The fourth-order valence-corrected chi connectivity index (χ4v) is 1.79. The molecule has 4 N–H and O–H groups in total. The zero-order valence-electron chi connectivity index (χ0n) is 10.4. The van der Waals surface area contributed by atoms with E-state index in [2.05, 4.69) is 5.32 Å². The molecule has 19 heavy (non-hydrogen) atoms. The number of hydrogen-bond acceptors (Lipinski definition) is 3. The van der Waals surface area contributed by atoms with Crippen molar-refractivity contribution in [1.82, 2.24) is 5.32 Å². The van der Waals surface area contributed by atoms with E-state index < -0.39 is 17.9 Å². The minimum Gasteiger partial charge on any atom is -0.480 e. The Kier molecular flexibility index (Phi) is 3.37. The molecule has 2 rings (SSSR count). The standard InChI is InChI=1S/C14H14N2O3/c1-8(14(18)19)16-13(17)11-6-9-4-2-3-5-10(9)7-12(11)15/h2-8H,15H2,1H3,(H,16,17)(H,18,19)/t8-/m1/s1. The molecule has 0 spiro atoms. The van der Waals surface area contributed by atoms with Crippen molar-refractivity contribution < 1.29 is 14.7 Å². The number of carboxylic acids is 1. The van der Waals surface area contributed by atoms with Gasteiger partial charge in [-0.2, -0.15) is 0 Å². The fraction of sp³-hybridized carbons (Fsp3) is 0.143. The highest BCUT2D eigenvalue weighted by Gasteiger charge is 2.17. The Balaban J connectivity index is 2.36. The van der Waals surface area contributed by atoms with Crippen LogP contribution in [0.2, 0.25) is 0 Å². The van der Waals surface area contributed by atoms with Gasteiger partial charge in [0.05, 0.1) is 5.56 Å². The second-order valence-electron chi connectivity index (χ2n) is 4.32.